The third-order valence-corrected chi connectivity index (χ3v) is 2.78. The largest absolute Gasteiger partial charge is 0.497 e. The Hall–Kier alpha value is -1.46. The summed E-state index contributed by atoms with van der Waals surface area (Å²) in [7, 11) is 1.64. The van der Waals surface area contributed by atoms with Gasteiger partial charge in [0.2, 0.25) is 0 Å². The van der Waals surface area contributed by atoms with E-state index in [2.05, 4.69) is 5.92 Å². The zero-order chi connectivity index (χ0) is 12.7. The quantitative estimate of drug-likeness (QED) is 0.603. The van der Waals surface area contributed by atoms with E-state index in [9.17, 15) is 5.11 Å². The Balaban J connectivity index is 2.53. The molecule has 1 aromatic rings. The lowest BCUT2D eigenvalue weighted by atomic mass is 9.91. The third kappa shape index (κ3) is 4.93. The molecule has 1 unspecified atom stereocenters. The Morgan fingerprint density at radius 2 is 2.00 bits per heavy atom. The number of rotatable bonds is 6. The van der Waals surface area contributed by atoms with E-state index >= 15 is 0 Å². The van der Waals surface area contributed by atoms with Crippen LogP contribution in [0.5, 0.6) is 5.75 Å². The van der Waals surface area contributed by atoms with Gasteiger partial charge in [-0.15, -0.1) is 12.3 Å². The number of ether oxygens (including phenoxy) is 1. The van der Waals surface area contributed by atoms with Crippen molar-refractivity contribution in [2.75, 3.05) is 7.11 Å². The number of methoxy groups -OCH3 is 1. The topological polar surface area (TPSA) is 29.5 Å². The van der Waals surface area contributed by atoms with Crippen LogP contribution in [0.3, 0.4) is 0 Å². The van der Waals surface area contributed by atoms with Crippen molar-refractivity contribution in [1.29, 1.82) is 0 Å². The zero-order valence-corrected chi connectivity index (χ0v) is 10.6. The Bertz CT molecular complexity index is 371. The number of aliphatic hydroxyl groups is 1. The molecule has 0 spiro atoms. The first-order valence-electron chi connectivity index (χ1n) is 5.86. The van der Waals surface area contributed by atoms with Crippen LogP contribution >= 0.6 is 0 Å². The maximum absolute atomic E-state index is 10.2. The van der Waals surface area contributed by atoms with Gasteiger partial charge in [0.05, 0.1) is 12.7 Å². The van der Waals surface area contributed by atoms with E-state index in [1.54, 1.807) is 7.11 Å². The van der Waals surface area contributed by atoms with Crippen molar-refractivity contribution in [3.63, 3.8) is 0 Å². The van der Waals surface area contributed by atoms with Crippen molar-refractivity contribution in [2.45, 2.75) is 38.2 Å². The Labute approximate surface area is 104 Å². The van der Waals surface area contributed by atoms with Gasteiger partial charge in [0.1, 0.15) is 5.75 Å². The normalized spacial score (nSPS) is 13.8. The molecule has 0 radical (unpaired) electrons. The lowest BCUT2D eigenvalue weighted by Crippen LogP contribution is -2.26. The average molecular weight is 232 g/mol. The van der Waals surface area contributed by atoms with Gasteiger partial charge in [-0.1, -0.05) is 12.1 Å². The minimum atomic E-state index is -0.689. The first-order chi connectivity index (χ1) is 8.07. The van der Waals surface area contributed by atoms with Crippen molar-refractivity contribution in [1.82, 2.24) is 0 Å². The van der Waals surface area contributed by atoms with Gasteiger partial charge in [-0.05, 0) is 37.5 Å². The lowest BCUT2D eigenvalue weighted by Gasteiger charge is -2.23. The molecule has 2 heteroatoms. The van der Waals surface area contributed by atoms with Crippen molar-refractivity contribution < 1.29 is 9.84 Å². The summed E-state index contributed by atoms with van der Waals surface area (Å²) in [5.41, 5.74) is 0.419. The molecule has 1 atom stereocenters. The summed E-state index contributed by atoms with van der Waals surface area (Å²) in [4.78, 5) is 0. The predicted molar refractivity (Wildman–Crippen MR) is 70.0 cm³/mol. The van der Waals surface area contributed by atoms with Crippen LogP contribution in [0.2, 0.25) is 0 Å². The summed E-state index contributed by atoms with van der Waals surface area (Å²) in [5.74, 6) is 3.43. The van der Waals surface area contributed by atoms with Crippen molar-refractivity contribution >= 4 is 0 Å². The van der Waals surface area contributed by atoms with Gasteiger partial charge in [0.15, 0.2) is 0 Å². The number of hydrogen-bond donors (Lipinski definition) is 1. The fourth-order valence-corrected chi connectivity index (χ4v) is 1.84. The van der Waals surface area contributed by atoms with E-state index in [1.165, 1.54) is 0 Å². The van der Waals surface area contributed by atoms with E-state index in [0.717, 1.165) is 30.6 Å². The van der Waals surface area contributed by atoms with Crippen LogP contribution in [0, 0.1) is 12.3 Å². The molecule has 0 aliphatic carbocycles. The van der Waals surface area contributed by atoms with Crippen LogP contribution in [0.1, 0.15) is 31.7 Å². The highest BCUT2D eigenvalue weighted by atomic mass is 16.5. The Morgan fingerprint density at radius 1 is 1.35 bits per heavy atom. The second-order valence-corrected chi connectivity index (χ2v) is 4.58. The summed E-state index contributed by atoms with van der Waals surface area (Å²) >= 11 is 0. The summed E-state index contributed by atoms with van der Waals surface area (Å²) in [6.07, 6.45) is 8.14. The maximum atomic E-state index is 10.2. The fourth-order valence-electron chi connectivity index (χ4n) is 1.84. The second-order valence-electron chi connectivity index (χ2n) is 4.58. The fraction of sp³-hybridized carbons (Fsp3) is 0.467. The third-order valence-electron chi connectivity index (χ3n) is 2.78. The molecule has 0 aromatic heterocycles. The molecule has 1 aromatic carbocycles. The molecule has 0 heterocycles. The van der Waals surface area contributed by atoms with Crippen LogP contribution in [0.25, 0.3) is 0 Å². The molecule has 0 amide bonds. The monoisotopic (exact) mass is 232 g/mol. The molecular weight excluding hydrogens is 212 g/mol. The highest BCUT2D eigenvalue weighted by Crippen LogP contribution is 2.21. The molecule has 0 bridgehead atoms. The highest BCUT2D eigenvalue weighted by Gasteiger charge is 2.20. The summed E-state index contributed by atoms with van der Waals surface area (Å²) < 4.78 is 5.09. The van der Waals surface area contributed by atoms with Crippen LogP contribution in [-0.4, -0.2) is 17.8 Å². The van der Waals surface area contributed by atoms with Gasteiger partial charge < -0.3 is 9.84 Å². The maximum Gasteiger partial charge on any atom is 0.118 e. The molecule has 0 fully saturated rings. The van der Waals surface area contributed by atoms with E-state index in [0.29, 0.717) is 6.42 Å². The first kappa shape index (κ1) is 13.6. The van der Waals surface area contributed by atoms with Gasteiger partial charge in [-0.3, -0.25) is 0 Å². The van der Waals surface area contributed by atoms with E-state index in [-0.39, 0.29) is 0 Å². The van der Waals surface area contributed by atoms with Crippen molar-refractivity contribution in [2.24, 2.45) is 0 Å². The number of hydrogen-bond acceptors (Lipinski definition) is 2. The molecule has 1 N–H and O–H groups in total. The van der Waals surface area contributed by atoms with Crippen LogP contribution in [0.15, 0.2) is 24.3 Å². The Kier molecular flexibility index (Phi) is 5.06. The average Bonchev–Trinajstić information content (AvgIpc) is 2.30. The number of unbranched alkanes of at least 4 members (excludes halogenated alkanes) is 1. The summed E-state index contributed by atoms with van der Waals surface area (Å²) in [6, 6.07) is 7.78. The van der Waals surface area contributed by atoms with Gasteiger partial charge in [-0.25, -0.2) is 0 Å². The Morgan fingerprint density at radius 3 is 2.53 bits per heavy atom. The molecule has 0 aliphatic rings. The molecular formula is C15H20O2. The second kappa shape index (κ2) is 6.32. The zero-order valence-electron chi connectivity index (χ0n) is 10.6. The SMILES string of the molecule is C#CCCCC(C)(O)Cc1ccc(OC)cc1. The molecule has 0 aliphatic heterocycles. The van der Waals surface area contributed by atoms with Gasteiger partial charge >= 0.3 is 0 Å². The van der Waals surface area contributed by atoms with Gasteiger partial charge in [0.25, 0.3) is 0 Å². The standard InChI is InChI=1S/C15H20O2/c1-4-5-6-11-15(2,16)12-13-7-9-14(17-3)10-8-13/h1,7-10,16H,5-6,11-12H2,2-3H3. The smallest absolute Gasteiger partial charge is 0.118 e. The van der Waals surface area contributed by atoms with E-state index < -0.39 is 5.60 Å². The predicted octanol–water partition coefficient (Wildman–Crippen LogP) is 2.79. The highest BCUT2D eigenvalue weighted by molar-refractivity contribution is 5.27. The minimum Gasteiger partial charge on any atom is -0.497 e. The summed E-state index contributed by atoms with van der Waals surface area (Å²) in [5, 5.41) is 10.2. The molecule has 92 valence electrons. The van der Waals surface area contributed by atoms with Gasteiger partial charge in [0, 0.05) is 12.8 Å². The molecule has 17 heavy (non-hydrogen) atoms. The first-order valence-corrected chi connectivity index (χ1v) is 5.86. The molecule has 1 rings (SSSR count). The van der Waals surface area contributed by atoms with Crippen molar-refractivity contribution in [3.05, 3.63) is 29.8 Å². The molecule has 2 nitrogen and oxygen atoms in total. The van der Waals surface area contributed by atoms with E-state index in [4.69, 9.17) is 11.2 Å². The van der Waals surface area contributed by atoms with Crippen LogP contribution < -0.4 is 4.74 Å². The summed E-state index contributed by atoms with van der Waals surface area (Å²) in [6.45, 7) is 1.85. The lowest BCUT2D eigenvalue weighted by molar-refractivity contribution is 0.0496. The van der Waals surface area contributed by atoms with Crippen molar-refractivity contribution in [3.8, 4) is 18.1 Å². The molecule has 0 saturated heterocycles. The number of benzene rings is 1. The number of terminal acetylenes is 1. The van der Waals surface area contributed by atoms with Crippen LogP contribution in [0.4, 0.5) is 0 Å². The van der Waals surface area contributed by atoms with Gasteiger partial charge in [-0.2, -0.15) is 0 Å². The van der Waals surface area contributed by atoms with E-state index in [1.807, 2.05) is 31.2 Å². The molecule has 0 saturated carbocycles. The minimum absolute atomic E-state index is 0.640. The van der Waals surface area contributed by atoms with Crippen LogP contribution in [-0.2, 0) is 6.42 Å².